The zero-order chi connectivity index (χ0) is 12.3. The van der Waals surface area contributed by atoms with Crippen LogP contribution in [0, 0.1) is 0 Å². The summed E-state index contributed by atoms with van der Waals surface area (Å²) in [5.74, 6) is -0.0498. The number of rotatable bonds is 4. The molecule has 0 unspecified atom stereocenters. The van der Waals surface area contributed by atoms with Crippen LogP contribution >= 0.6 is 24.0 Å². The molecular formula is C11H13N3OS2. The van der Waals surface area contributed by atoms with Crippen molar-refractivity contribution >= 4 is 29.9 Å². The number of hydrogen-bond donors (Lipinski definition) is 2. The number of thiol groups is 1. The molecular weight excluding hydrogens is 254 g/mol. The SMILES string of the molecule is Cn1ccc(CCNC(=O)c2cc(S)cs2)n1. The first-order valence-electron chi connectivity index (χ1n) is 5.19. The van der Waals surface area contributed by atoms with Crippen molar-refractivity contribution < 1.29 is 4.79 Å². The van der Waals surface area contributed by atoms with E-state index in [1.807, 2.05) is 24.7 Å². The van der Waals surface area contributed by atoms with Crippen LogP contribution in [0.2, 0.25) is 0 Å². The van der Waals surface area contributed by atoms with E-state index in [0.717, 1.165) is 17.0 Å². The van der Waals surface area contributed by atoms with Crippen molar-refractivity contribution in [3.63, 3.8) is 0 Å². The van der Waals surface area contributed by atoms with Gasteiger partial charge in [0.1, 0.15) is 0 Å². The molecule has 0 saturated heterocycles. The van der Waals surface area contributed by atoms with Crippen LogP contribution < -0.4 is 5.32 Å². The van der Waals surface area contributed by atoms with E-state index in [2.05, 4.69) is 23.0 Å². The molecule has 0 radical (unpaired) electrons. The first-order chi connectivity index (χ1) is 8.15. The molecule has 6 heteroatoms. The van der Waals surface area contributed by atoms with E-state index in [4.69, 9.17) is 0 Å². The van der Waals surface area contributed by atoms with Crippen LogP contribution in [0.1, 0.15) is 15.4 Å². The second-order valence-corrected chi connectivity index (χ2v) is 5.08. The minimum absolute atomic E-state index is 0.0498. The van der Waals surface area contributed by atoms with Crippen molar-refractivity contribution in [1.82, 2.24) is 15.1 Å². The Kier molecular flexibility index (Phi) is 3.86. The molecule has 0 aliphatic carbocycles. The Bertz CT molecular complexity index is 518. The van der Waals surface area contributed by atoms with E-state index in [-0.39, 0.29) is 5.91 Å². The monoisotopic (exact) mass is 267 g/mol. The van der Waals surface area contributed by atoms with Gasteiger partial charge in [0, 0.05) is 36.5 Å². The molecule has 0 atom stereocenters. The van der Waals surface area contributed by atoms with Crippen molar-refractivity contribution in [2.75, 3.05) is 6.54 Å². The fourth-order valence-corrected chi connectivity index (χ4v) is 2.50. The van der Waals surface area contributed by atoms with Crippen molar-refractivity contribution in [3.8, 4) is 0 Å². The molecule has 0 saturated carbocycles. The minimum atomic E-state index is -0.0498. The van der Waals surface area contributed by atoms with Gasteiger partial charge in [-0.25, -0.2) is 0 Å². The van der Waals surface area contributed by atoms with Crippen molar-refractivity contribution in [3.05, 3.63) is 34.3 Å². The molecule has 2 heterocycles. The summed E-state index contributed by atoms with van der Waals surface area (Å²) in [7, 11) is 1.88. The van der Waals surface area contributed by atoms with Gasteiger partial charge in [-0.2, -0.15) is 5.10 Å². The standard InChI is InChI=1S/C11H13N3OS2/c1-14-5-3-8(13-14)2-4-12-11(15)10-6-9(16)7-17-10/h3,5-7,16H,2,4H2,1H3,(H,12,15). The largest absolute Gasteiger partial charge is 0.351 e. The lowest BCUT2D eigenvalue weighted by Gasteiger charge is -2.01. The molecule has 0 aliphatic rings. The normalized spacial score (nSPS) is 10.5. The highest BCUT2D eigenvalue weighted by Gasteiger charge is 2.07. The number of nitrogens with one attached hydrogen (secondary N) is 1. The van der Waals surface area contributed by atoms with Crippen LogP contribution in [0.5, 0.6) is 0 Å². The quantitative estimate of drug-likeness (QED) is 0.829. The third-order valence-corrected chi connectivity index (χ3v) is 3.61. The number of carbonyl (C=O) groups is 1. The second-order valence-electron chi connectivity index (χ2n) is 3.66. The summed E-state index contributed by atoms with van der Waals surface area (Å²) in [6.07, 6.45) is 2.63. The summed E-state index contributed by atoms with van der Waals surface area (Å²) < 4.78 is 1.75. The summed E-state index contributed by atoms with van der Waals surface area (Å²) in [5, 5.41) is 8.94. The number of aromatic nitrogens is 2. The number of aryl methyl sites for hydroxylation is 1. The molecule has 2 aromatic heterocycles. The van der Waals surface area contributed by atoms with Crippen molar-refractivity contribution in [2.24, 2.45) is 7.05 Å². The van der Waals surface area contributed by atoms with Crippen LogP contribution in [0.4, 0.5) is 0 Å². The summed E-state index contributed by atoms with van der Waals surface area (Å²) in [6, 6.07) is 3.72. The van der Waals surface area contributed by atoms with Crippen LogP contribution in [0.25, 0.3) is 0 Å². The second kappa shape index (κ2) is 5.37. The molecule has 2 rings (SSSR count). The Morgan fingerprint density at radius 2 is 2.47 bits per heavy atom. The Morgan fingerprint density at radius 3 is 3.06 bits per heavy atom. The van der Waals surface area contributed by atoms with Gasteiger partial charge < -0.3 is 5.32 Å². The van der Waals surface area contributed by atoms with Crippen molar-refractivity contribution in [1.29, 1.82) is 0 Å². The highest BCUT2D eigenvalue weighted by molar-refractivity contribution is 7.80. The molecule has 2 aromatic rings. The van der Waals surface area contributed by atoms with Crippen LogP contribution in [0.3, 0.4) is 0 Å². The Hall–Kier alpha value is -1.27. The summed E-state index contributed by atoms with van der Waals surface area (Å²) in [4.78, 5) is 13.2. The maximum absolute atomic E-state index is 11.7. The van der Waals surface area contributed by atoms with Gasteiger partial charge in [0.2, 0.25) is 0 Å². The smallest absolute Gasteiger partial charge is 0.261 e. The van der Waals surface area contributed by atoms with E-state index in [1.165, 1.54) is 11.3 Å². The first kappa shape index (κ1) is 12.2. The maximum Gasteiger partial charge on any atom is 0.261 e. The van der Waals surface area contributed by atoms with Gasteiger partial charge in [-0.3, -0.25) is 9.48 Å². The summed E-state index contributed by atoms with van der Waals surface area (Å²) in [6.45, 7) is 0.593. The molecule has 17 heavy (non-hydrogen) atoms. The lowest BCUT2D eigenvalue weighted by Crippen LogP contribution is -2.24. The molecule has 0 spiro atoms. The van der Waals surface area contributed by atoms with E-state index >= 15 is 0 Å². The van der Waals surface area contributed by atoms with Gasteiger partial charge in [-0.1, -0.05) is 0 Å². The molecule has 0 aromatic carbocycles. The third-order valence-electron chi connectivity index (χ3n) is 2.24. The molecule has 4 nitrogen and oxygen atoms in total. The van der Waals surface area contributed by atoms with E-state index < -0.39 is 0 Å². The number of amides is 1. The number of hydrogen-bond acceptors (Lipinski definition) is 4. The molecule has 0 fully saturated rings. The van der Waals surface area contributed by atoms with Gasteiger partial charge in [-0.05, 0) is 12.1 Å². The zero-order valence-corrected chi connectivity index (χ0v) is 11.1. The fraction of sp³-hybridized carbons (Fsp3) is 0.273. The summed E-state index contributed by atoms with van der Waals surface area (Å²) in [5.41, 5.74) is 0.980. The van der Waals surface area contributed by atoms with Gasteiger partial charge in [0.25, 0.3) is 5.91 Å². The fourth-order valence-electron chi connectivity index (χ4n) is 1.43. The Balaban J connectivity index is 1.81. The number of carbonyl (C=O) groups excluding carboxylic acids is 1. The maximum atomic E-state index is 11.7. The molecule has 1 N–H and O–H groups in total. The van der Waals surface area contributed by atoms with Gasteiger partial charge in [0.15, 0.2) is 0 Å². The molecule has 0 aliphatic heterocycles. The van der Waals surface area contributed by atoms with Crippen molar-refractivity contribution in [2.45, 2.75) is 11.3 Å². The first-order valence-corrected chi connectivity index (χ1v) is 6.52. The van der Waals surface area contributed by atoms with Crippen LogP contribution in [0.15, 0.2) is 28.6 Å². The highest BCUT2D eigenvalue weighted by Crippen LogP contribution is 2.17. The van der Waals surface area contributed by atoms with Gasteiger partial charge in [-0.15, -0.1) is 24.0 Å². The predicted molar refractivity (Wildman–Crippen MR) is 70.8 cm³/mol. The molecule has 0 bridgehead atoms. The van der Waals surface area contributed by atoms with Gasteiger partial charge in [0.05, 0.1) is 10.6 Å². The summed E-state index contributed by atoms with van der Waals surface area (Å²) >= 11 is 5.57. The third kappa shape index (κ3) is 3.34. The van der Waals surface area contributed by atoms with E-state index in [0.29, 0.717) is 11.4 Å². The minimum Gasteiger partial charge on any atom is -0.351 e. The number of thiophene rings is 1. The topological polar surface area (TPSA) is 46.9 Å². The highest BCUT2D eigenvalue weighted by atomic mass is 32.1. The van der Waals surface area contributed by atoms with Crippen LogP contribution in [-0.2, 0) is 13.5 Å². The number of nitrogens with zero attached hydrogens (tertiary/aromatic N) is 2. The average Bonchev–Trinajstić information content (AvgIpc) is 2.88. The molecule has 90 valence electrons. The van der Waals surface area contributed by atoms with E-state index in [9.17, 15) is 4.79 Å². The lowest BCUT2D eigenvalue weighted by molar-refractivity contribution is 0.0958. The van der Waals surface area contributed by atoms with Crippen LogP contribution in [-0.4, -0.2) is 22.2 Å². The zero-order valence-electron chi connectivity index (χ0n) is 9.38. The van der Waals surface area contributed by atoms with Gasteiger partial charge >= 0.3 is 0 Å². The Labute approximate surface area is 109 Å². The Morgan fingerprint density at radius 1 is 1.65 bits per heavy atom. The molecule has 1 amide bonds. The predicted octanol–water partition coefficient (Wildman–Crippen LogP) is 1.74. The lowest BCUT2D eigenvalue weighted by atomic mass is 10.3. The average molecular weight is 267 g/mol. The van der Waals surface area contributed by atoms with E-state index in [1.54, 1.807) is 10.7 Å².